The fraction of sp³-hybridized carbons (Fsp3) is 0.294. The minimum atomic E-state index is -0.546. The molecule has 2 aromatic carbocycles. The maximum Gasteiger partial charge on any atom is 0.123 e. The lowest BCUT2D eigenvalue weighted by Crippen LogP contribution is -2.01. The fourth-order valence-electron chi connectivity index (χ4n) is 1.95. The Labute approximate surface area is 128 Å². The molecule has 110 valence electrons. The molecule has 3 rings (SSSR count). The van der Waals surface area contributed by atoms with Crippen molar-refractivity contribution in [1.29, 1.82) is 0 Å². The van der Waals surface area contributed by atoms with E-state index >= 15 is 0 Å². The molecule has 1 fully saturated rings. The molecule has 21 heavy (non-hydrogen) atoms. The molecule has 1 aliphatic carbocycles. The zero-order valence-corrected chi connectivity index (χ0v) is 12.4. The van der Waals surface area contributed by atoms with Gasteiger partial charge in [0.2, 0.25) is 0 Å². The van der Waals surface area contributed by atoms with E-state index in [0.29, 0.717) is 11.9 Å². The van der Waals surface area contributed by atoms with E-state index in [1.807, 2.05) is 24.3 Å². The molecule has 4 heteroatoms. The van der Waals surface area contributed by atoms with Crippen LogP contribution in [-0.2, 0) is 0 Å². The van der Waals surface area contributed by atoms with E-state index in [2.05, 4.69) is 0 Å². The lowest BCUT2D eigenvalue weighted by atomic mass is 10.1. The van der Waals surface area contributed by atoms with Gasteiger partial charge in [-0.2, -0.15) is 0 Å². The minimum Gasteiger partial charge on any atom is -0.490 e. The summed E-state index contributed by atoms with van der Waals surface area (Å²) in [4.78, 5) is 0.948. The van der Waals surface area contributed by atoms with Gasteiger partial charge >= 0.3 is 0 Å². The van der Waals surface area contributed by atoms with E-state index in [1.54, 1.807) is 12.1 Å². The van der Waals surface area contributed by atoms with Crippen LogP contribution < -0.4 is 4.74 Å². The topological polar surface area (TPSA) is 29.5 Å². The summed E-state index contributed by atoms with van der Waals surface area (Å²) in [6.45, 7) is 0. The van der Waals surface area contributed by atoms with Crippen LogP contribution in [0.2, 0.25) is 0 Å². The number of hydrogen-bond acceptors (Lipinski definition) is 3. The van der Waals surface area contributed by atoms with Crippen LogP contribution in [0.4, 0.5) is 4.39 Å². The first-order chi connectivity index (χ1) is 10.2. The Hall–Kier alpha value is -1.52. The van der Waals surface area contributed by atoms with E-state index in [4.69, 9.17) is 4.74 Å². The second-order valence-corrected chi connectivity index (χ2v) is 6.26. The van der Waals surface area contributed by atoms with Gasteiger partial charge in [0.15, 0.2) is 0 Å². The van der Waals surface area contributed by atoms with Crippen molar-refractivity contribution in [2.45, 2.75) is 29.9 Å². The van der Waals surface area contributed by atoms with Gasteiger partial charge in [-0.25, -0.2) is 4.39 Å². The van der Waals surface area contributed by atoms with Gasteiger partial charge in [-0.15, -0.1) is 11.8 Å². The average molecular weight is 304 g/mol. The first kappa shape index (κ1) is 14.4. The standard InChI is InChI=1S/C17H17FO2S/c18-13-3-9-16(10-4-13)21-11-17(19)12-1-5-14(6-2-12)20-15-7-8-15/h1-6,9-10,15,17,19H,7-8,11H2. The molecule has 0 aliphatic heterocycles. The number of benzene rings is 2. The van der Waals surface area contributed by atoms with E-state index in [1.165, 1.54) is 23.9 Å². The molecule has 0 radical (unpaired) electrons. The summed E-state index contributed by atoms with van der Waals surface area (Å²) in [5, 5.41) is 10.2. The monoisotopic (exact) mass is 304 g/mol. The Bertz CT molecular complexity index is 579. The highest BCUT2D eigenvalue weighted by molar-refractivity contribution is 7.99. The largest absolute Gasteiger partial charge is 0.490 e. The van der Waals surface area contributed by atoms with Crippen LogP contribution in [0.5, 0.6) is 5.75 Å². The predicted molar refractivity (Wildman–Crippen MR) is 82.2 cm³/mol. The Balaban J connectivity index is 1.54. The average Bonchev–Trinajstić information content (AvgIpc) is 3.31. The molecule has 0 saturated heterocycles. The third-order valence-electron chi connectivity index (χ3n) is 3.31. The van der Waals surface area contributed by atoms with Crippen molar-refractivity contribution < 1.29 is 14.2 Å². The van der Waals surface area contributed by atoms with E-state index in [-0.39, 0.29) is 5.82 Å². The van der Waals surface area contributed by atoms with Gasteiger partial charge in [0, 0.05) is 10.6 Å². The molecule has 1 atom stereocenters. The van der Waals surface area contributed by atoms with Crippen molar-refractivity contribution in [3.8, 4) is 5.75 Å². The minimum absolute atomic E-state index is 0.244. The predicted octanol–water partition coefficient (Wildman–Crippen LogP) is 4.19. The molecule has 1 N–H and O–H groups in total. The summed E-state index contributed by atoms with van der Waals surface area (Å²) in [5.74, 6) is 1.15. The maximum absolute atomic E-state index is 12.8. The van der Waals surface area contributed by atoms with Crippen molar-refractivity contribution in [2.75, 3.05) is 5.75 Å². The van der Waals surface area contributed by atoms with Crippen molar-refractivity contribution >= 4 is 11.8 Å². The van der Waals surface area contributed by atoms with Gasteiger partial charge in [0.05, 0.1) is 12.2 Å². The highest BCUT2D eigenvalue weighted by Crippen LogP contribution is 2.29. The van der Waals surface area contributed by atoms with Gasteiger partial charge in [-0.3, -0.25) is 0 Å². The summed E-state index contributed by atoms with van der Waals surface area (Å²) in [6.07, 6.45) is 2.11. The fourth-order valence-corrected chi connectivity index (χ4v) is 2.82. The third-order valence-corrected chi connectivity index (χ3v) is 4.40. The van der Waals surface area contributed by atoms with E-state index in [9.17, 15) is 9.50 Å². The number of aliphatic hydroxyl groups is 1. The van der Waals surface area contributed by atoms with Gasteiger partial charge < -0.3 is 9.84 Å². The smallest absolute Gasteiger partial charge is 0.123 e. The number of thioether (sulfide) groups is 1. The Morgan fingerprint density at radius 3 is 2.38 bits per heavy atom. The number of halogens is 1. The second-order valence-electron chi connectivity index (χ2n) is 5.17. The lowest BCUT2D eigenvalue weighted by Gasteiger charge is -2.12. The van der Waals surface area contributed by atoms with Gasteiger partial charge in [-0.05, 0) is 54.8 Å². The van der Waals surface area contributed by atoms with Gasteiger partial charge in [0.1, 0.15) is 11.6 Å². The number of rotatable bonds is 6. The second kappa shape index (κ2) is 6.50. The quantitative estimate of drug-likeness (QED) is 0.811. The molecular weight excluding hydrogens is 287 g/mol. The molecule has 0 spiro atoms. The van der Waals surface area contributed by atoms with E-state index in [0.717, 1.165) is 29.1 Å². The van der Waals surface area contributed by atoms with Gasteiger partial charge in [-0.1, -0.05) is 12.1 Å². The molecule has 2 aromatic rings. The first-order valence-corrected chi connectivity index (χ1v) is 8.02. The van der Waals surface area contributed by atoms with Crippen LogP contribution in [0.15, 0.2) is 53.4 Å². The van der Waals surface area contributed by atoms with Crippen LogP contribution in [0.3, 0.4) is 0 Å². The zero-order chi connectivity index (χ0) is 14.7. The van der Waals surface area contributed by atoms with Crippen molar-refractivity contribution in [2.24, 2.45) is 0 Å². The van der Waals surface area contributed by atoms with Crippen LogP contribution in [0, 0.1) is 5.82 Å². The molecule has 0 aromatic heterocycles. The van der Waals surface area contributed by atoms with Gasteiger partial charge in [0.25, 0.3) is 0 Å². The molecular formula is C17H17FO2S. The molecule has 1 unspecified atom stereocenters. The van der Waals surface area contributed by atoms with Crippen LogP contribution in [0.25, 0.3) is 0 Å². The van der Waals surface area contributed by atoms with Crippen molar-refractivity contribution in [3.63, 3.8) is 0 Å². The molecule has 1 aliphatic rings. The summed E-state index contributed by atoms with van der Waals surface area (Å²) in [5.41, 5.74) is 0.868. The van der Waals surface area contributed by atoms with Crippen LogP contribution >= 0.6 is 11.8 Å². The number of hydrogen-bond donors (Lipinski definition) is 1. The number of ether oxygens (including phenoxy) is 1. The number of aliphatic hydroxyl groups excluding tert-OH is 1. The van der Waals surface area contributed by atoms with Crippen molar-refractivity contribution in [3.05, 3.63) is 59.9 Å². The zero-order valence-electron chi connectivity index (χ0n) is 11.5. The molecule has 0 amide bonds. The summed E-state index contributed by atoms with van der Waals surface area (Å²) in [6, 6.07) is 13.9. The molecule has 0 heterocycles. The van der Waals surface area contributed by atoms with Crippen LogP contribution in [0.1, 0.15) is 24.5 Å². The lowest BCUT2D eigenvalue weighted by molar-refractivity contribution is 0.204. The Morgan fingerprint density at radius 1 is 1.10 bits per heavy atom. The highest BCUT2D eigenvalue weighted by Gasteiger charge is 2.23. The molecule has 2 nitrogen and oxygen atoms in total. The first-order valence-electron chi connectivity index (χ1n) is 7.04. The summed E-state index contributed by atoms with van der Waals surface area (Å²) >= 11 is 1.51. The third kappa shape index (κ3) is 4.22. The Kier molecular flexibility index (Phi) is 4.46. The summed E-state index contributed by atoms with van der Waals surface area (Å²) in [7, 11) is 0. The Morgan fingerprint density at radius 2 is 1.76 bits per heavy atom. The molecule has 0 bridgehead atoms. The normalized spacial score (nSPS) is 15.7. The van der Waals surface area contributed by atoms with Crippen molar-refractivity contribution in [1.82, 2.24) is 0 Å². The molecule has 1 saturated carbocycles. The maximum atomic E-state index is 12.8. The van der Waals surface area contributed by atoms with Crippen LogP contribution in [-0.4, -0.2) is 17.0 Å². The SMILES string of the molecule is OC(CSc1ccc(F)cc1)c1ccc(OC2CC2)cc1. The highest BCUT2D eigenvalue weighted by atomic mass is 32.2. The summed E-state index contributed by atoms with van der Waals surface area (Å²) < 4.78 is 18.5. The van der Waals surface area contributed by atoms with E-state index < -0.39 is 6.10 Å².